The standard InChI is InChI=1S/C19H17Cl2N3O2/c1-12(13-5-7-15(20)8-6-13)22-17(25)9-10-18-23-19(24-26-18)14-3-2-4-16(21)11-14/h2-8,11-12H,9-10H2,1H3,(H,22,25)/t12-/m1/s1. The summed E-state index contributed by atoms with van der Waals surface area (Å²) in [5.74, 6) is 0.779. The summed E-state index contributed by atoms with van der Waals surface area (Å²) in [4.78, 5) is 16.5. The number of hydrogen-bond acceptors (Lipinski definition) is 4. The molecular weight excluding hydrogens is 373 g/mol. The maximum Gasteiger partial charge on any atom is 0.227 e. The largest absolute Gasteiger partial charge is 0.350 e. The predicted octanol–water partition coefficient (Wildman–Crippen LogP) is 4.85. The summed E-state index contributed by atoms with van der Waals surface area (Å²) in [6, 6.07) is 14.5. The molecule has 3 aromatic rings. The number of nitrogens with zero attached hydrogens (tertiary/aromatic N) is 2. The molecule has 7 heteroatoms. The highest BCUT2D eigenvalue weighted by Gasteiger charge is 2.13. The molecule has 0 radical (unpaired) electrons. The van der Waals surface area contributed by atoms with E-state index in [-0.39, 0.29) is 18.4 Å². The first-order valence-corrected chi connectivity index (χ1v) is 8.90. The summed E-state index contributed by atoms with van der Waals surface area (Å²) < 4.78 is 5.21. The lowest BCUT2D eigenvalue weighted by atomic mass is 10.1. The summed E-state index contributed by atoms with van der Waals surface area (Å²) in [6.07, 6.45) is 0.627. The minimum atomic E-state index is -0.107. The summed E-state index contributed by atoms with van der Waals surface area (Å²) in [5.41, 5.74) is 1.76. The Hall–Kier alpha value is -2.37. The average Bonchev–Trinajstić information content (AvgIpc) is 3.09. The van der Waals surface area contributed by atoms with E-state index in [1.165, 1.54) is 0 Å². The van der Waals surface area contributed by atoms with Gasteiger partial charge in [-0.15, -0.1) is 0 Å². The summed E-state index contributed by atoms with van der Waals surface area (Å²) >= 11 is 11.8. The van der Waals surface area contributed by atoms with Crippen LogP contribution in [0.1, 0.15) is 30.8 Å². The van der Waals surface area contributed by atoms with E-state index in [9.17, 15) is 4.79 Å². The van der Waals surface area contributed by atoms with E-state index >= 15 is 0 Å². The van der Waals surface area contributed by atoms with Gasteiger partial charge in [-0.25, -0.2) is 0 Å². The molecular formula is C19H17Cl2N3O2. The van der Waals surface area contributed by atoms with Crippen molar-refractivity contribution in [2.24, 2.45) is 0 Å². The van der Waals surface area contributed by atoms with Crippen molar-refractivity contribution in [2.45, 2.75) is 25.8 Å². The second-order valence-corrected chi connectivity index (χ2v) is 6.74. The molecule has 0 saturated carbocycles. The SMILES string of the molecule is C[C@@H](NC(=O)CCc1nc(-c2cccc(Cl)c2)no1)c1ccc(Cl)cc1. The fourth-order valence-corrected chi connectivity index (χ4v) is 2.79. The molecule has 1 amide bonds. The Kier molecular flexibility index (Phi) is 5.91. The van der Waals surface area contributed by atoms with Gasteiger partial charge < -0.3 is 9.84 Å². The number of carbonyl (C=O) groups excluding carboxylic acids is 1. The molecule has 1 aromatic heterocycles. The second kappa shape index (κ2) is 8.34. The van der Waals surface area contributed by atoms with Gasteiger partial charge in [0, 0.05) is 28.5 Å². The first kappa shape index (κ1) is 18.4. The monoisotopic (exact) mass is 389 g/mol. The van der Waals surface area contributed by atoms with Crippen LogP contribution in [-0.4, -0.2) is 16.0 Å². The Bertz CT molecular complexity index is 894. The zero-order valence-electron chi connectivity index (χ0n) is 14.1. The molecule has 0 spiro atoms. The molecule has 2 aromatic carbocycles. The lowest BCUT2D eigenvalue weighted by Crippen LogP contribution is -2.26. The van der Waals surface area contributed by atoms with E-state index in [1.807, 2.05) is 31.2 Å². The molecule has 0 unspecified atom stereocenters. The predicted molar refractivity (Wildman–Crippen MR) is 101 cm³/mol. The van der Waals surface area contributed by atoms with E-state index in [1.54, 1.807) is 24.3 Å². The molecule has 0 saturated heterocycles. The van der Waals surface area contributed by atoms with Crippen molar-refractivity contribution >= 4 is 29.1 Å². The highest BCUT2D eigenvalue weighted by Crippen LogP contribution is 2.20. The van der Waals surface area contributed by atoms with Crippen LogP contribution in [0, 0.1) is 0 Å². The van der Waals surface area contributed by atoms with Crippen LogP contribution >= 0.6 is 23.2 Å². The van der Waals surface area contributed by atoms with Crippen LogP contribution in [-0.2, 0) is 11.2 Å². The first-order valence-electron chi connectivity index (χ1n) is 8.14. The quantitative estimate of drug-likeness (QED) is 0.653. The number of benzene rings is 2. The van der Waals surface area contributed by atoms with Crippen LogP contribution in [0.15, 0.2) is 53.1 Å². The molecule has 5 nitrogen and oxygen atoms in total. The lowest BCUT2D eigenvalue weighted by Gasteiger charge is -2.14. The van der Waals surface area contributed by atoms with Gasteiger partial charge in [-0.3, -0.25) is 4.79 Å². The van der Waals surface area contributed by atoms with Gasteiger partial charge in [0.1, 0.15) is 0 Å². The van der Waals surface area contributed by atoms with Gasteiger partial charge in [-0.05, 0) is 36.8 Å². The van der Waals surface area contributed by atoms with Crippen LogP contribution in [0.5, 0.6) is 0 Å². The molecule has 0 aliphatic heterocycles. The molecule has 0 aliphatic carbocycles. The zero-order chi connectivity index (χ0) is 18.5. The van der Waals surface area contributed by atoms with Gasteiger partial charge in [0.05, 0.1) is 6.04 Å². The van der Waals surface area contributed by atoms with E-state index in [2.05, 4.69) is 15.5 Å². The molecule has 0 aliphatic rings. The third kappa shape index (κ3) is 4.84. The number of nitrogens with one attached hydrogen (secondary N) is 1. The Morgan fingerprint density at radius 3 is 2.65 bits per heavy atom. The van der Waals surface area contributed by atoms with Crippen molar-refractivity contribution in [2.75, 3.05) is 0 Å². The maximum atomic E-state index is 12.1. The second-order valence-electron chi connectivity index (χ2n) is 5.86. The Labute approximate surface area is 161 Å². The van der Waals surface area contributed by atoms with Gasteiger partial charge in [0.2, 0.25) is 17.6 Å². The van der Waals surface area contributed by atoms with Gasteiger partial charge in [0.25, 0.3) is 0 Å². The topological polar surface area (TPSA) is 68.0 Å². The van der Waals surface area contributed by atoms with Crippen molar-refractivity contribution in [3.63, 3.8) is 0 Å². The van der Waals surface area contributed by atoms with Crippen molar-refractivity contribution in [1.82, 2.24) is 15.5 Å². The minimum Gasteiger partial charge on any atom is -0.350 e. The Morgan fingerprint density at radius 1 is 1.15 bits per heavy atom. The molecule has 0 fully saturated rings. The molecule has 134 valence electrons. The number of amides is 1. The fourth-order valence-electron chi connectivity index (χ4n) is 2.47. The fraction of sp³-hybridized carbons (Fsp3) is 0.211. The third-order valence-electron chi connectivity index (χ3n) is 3.86. The Balaban J connectivity index is 1.54. The van der Waals surface area contributed by atoms with Gasteiger partial charge in [-0.2, -0.15) is 4.98 Å². The lowest BCUT2D eigenvalue weighted by molar-refractivity contribution is -0.121. The van der Waals surface area contributed by atoms with E-state index in [4.69, 9.17) is 27.7 Å². The summed E-state index contributed by atoms with van der Waals surface area (Å²) in [5, 5.41) is 8.14. The van der Waals surface area contributed by atoms with Crippen molar-refractivity contribution in [3.8, 4) is 11.4 Å². The van der Waals surface area contributed by atoms with E-state index in [0.29, 0.717) is 28.2 Å². The van der Waals surface area contributed by atoms with Crippen LogP contribution in [0.25, 0.3) is 11.4 Å². The third-order valence-corrected chi connectivity index (χ3v) is 4.35. The smallest absolute Gasteiger partial charge is 0.227 e. The van der Waals surface area contributed by atoms with Crippen molar-refractivity contribution in [1.29, 1.82) is 0 Å². The number of halogens is 2. The number of carbonyl (C=O) groups is 1. The summed E-state index contributed by atoms with van der Waals surface area (Å²) in [7, 11) is 0. The van der Waals surface area contributed by atoms with Crippen LogP contribution in [0.2, 0.25) is 10.0 Å². The molecule has 26 heavy (non-hydrogen) atoms. The highest BCUT2D eigenvalue weighted by molar-refractivity contribution is 6.31. The van der Waals surface area contributed by atoms with Crippen molar-refractivity contribution in [3.05, 3.63) is 70.0 Å². The molecule has 0 bridgehead atoms. The molecule has 1 N–H and O–H groups in total. The van der Waals surface area contributed by atoms with Gasteiger partial charge in [0.15, 0.2) is 0 Å². The van der Waals surface area contributed by atoms with Crippen LogP contribution in [0.3, 0.4) is 0 Å². The summed E-state index contributed by atoms with van der Waals surface area (Å²) in [6.45, 7) is 1.92. The molecule has 1 atom stereocenters. The van der Waals surface area contributed by atoms with Crippen molar-refractivity contribution < 1.29 is 9.32 Å². The normalized spacial score (nSPS) is 12.0. The van der Waals surface area contributed by atoms with Crippen LogP contribution < -0.4 is 5.32 Å². The highest BCUT2D eigenvalue weighted by atomic mass is 35.5. The molecule has 1 heterocycles. The van der Waals surface area contributed by atoms with Crippen LogP contribution in [0.4, 0.5) is 0 Å². The van der Waals surface area contributed by atoms with Gasteiger partial charge in [-0.1, -0.05) is 52.6 Å². The minimum absolute atomic E-state index is 0.0880. The molecule has 3 rings (SSSR count). The van der Waals surface area contributed by atoms with E-state index in [0.717, 1.165) is 11.1 Å². The number of rotatable bonds is 6. The Morgan fingerprint density at radius 2 is 1.92 bits per heavy atom. The van der Waals surface area contributed by atoms with Gasteiger partial charge >= 0.3 is 0 Å². The zero-order valence-corrected chi connectivity index (χ0v) is 15.6. The maximum absolute atomic E-state index is 12.1. The van der Waals surface area contributed by atoms with E-state index < -0.39 is 0 Å². The number of aryl methyl sites for hydroxylation is 1. The first-order chi connectivity index (χ1) is 12.5. The number of aromatic nitrogens is 2. The number of hydrogen-bond donors (Lipinski definition) is 1. The average molecular weight is 390 g/mol.